The van der Waals surface area contributed by atoms with Gasteiger partial charge in [0.05, 0.1) is 11.6 Å². The summed E-state index contributed by atoms with van der Waals surface area (Å²) in [5.41, 5.74) is 2.92. The summed E-state index contributed by atoms with van der Waals surface area (Å²) in [6.07, 6.45) is 1.01. The molecule has 1 amide bonds. The van der Waals surface area contributed by atoms with Gasteiger partial charge in [0.2, 0.25) is 5.91 Å². The van der Waals surface area contributed by atoms with Crippen LogP contribution >= 0.6 is 0 Å². The summed E-state index contributed by atoms with van der Waals surface area (Å²) in [5.74, 6) is 0.607. The Hall–Kier alpha value is -2.69. The predicted octanol–water partition coefficient (Wildman–Crippen LogP) is 3.04. The Kier molecular flexibility index (Phi) is 3.76. The van der Waals surface area contributed by atoms with Gasteiger partial charge in [-0.3, -0.25) is 4.79 Å². The predicted molar refractivity (Wildman–Crippen MR) is 92.2 cm³/mol. The van der Waals surface area contributed by atoms with Crippen molar-refractivity contribution in [1.82, 2.24) is 19.9 Å². The third kappa shape index (κ3) is 2.66. The zero-order valence-electron chi connectivity index (χ0n) is 13.7. The van der Waals surface area contributed by atoms with E-state index in [9.17, 15) is 4.79 Å². The summed E-state index contributed by atoms with van der Waals surface area (Å²) in [6.45, 7) is 3.23. The fourth-order valence-corrected chi connectivity index (χ4v) is 3.57. The molecule has 0 radical (unpaired) electrons. The average Bonchev–Trinajstić information content (AvgIpc) is 3.20. The summed E-state index contributed by atoms with van der Waals surface area (Å²) in [6, 6.07) is 18.2. The van der Waals surface area contributed by atoms with E-state index in [1.165, 1.54) is 5.56 Å². The molecule has 1 aliphatic heterocycles. The molecule has 0 saturated carbocycles. The van der Waals surface area contributed by atoms with Crippen LogP contribution < -0.4 is 0 Å². The van der Waals surface area contributed by atoms with Crippen LogP contribution in [0.1, 0.15) is 24.9 Å². The summed E-state index contributed by atoms with van der Waals surface area (Å²) in [5, 5.41) is 8.28. The number of rotatable bonds is 3. The molecule has 0 spiro atoms. The molecule has 5 heteroatoms. The molecular formula is C19H20N4O. The number of likely N-dealkylation sites (tertiary alicyclic amines) is 1. The van der Waals surface area contributed by atoms with Crippen molar-refractivity contribution in [3.63, 3.8) is 0 Å². The minimum absolute atomic E-state index is 0.101. The molecule has 1 saturated heterocycles. The van der Waals surface area contributed by atoms with Crippen LogP contribution in [0.5, 0.6) is 0 Å². The van der Waals surface area contributed by atoms with Crippen LogP contribution in [-0.2, 0) is 11.3 Å². The first-order valence-corrected chi connectivity index (χ1v) is 8.35. The Morgan fingerprint density at radius 2 is 1.88 bits per heavy atom. The van der Waals surface area contributed by atoms with Gasteiger partial charge in [0, 0.05) is 6.54 Å². The van der Waals surface area contributed by atoms with Crippen LogP contribution in [0.25, 0.3) is 11.0 Å². The SMILES string of the molecule is CC1CC(c2ccccc2)N(C(=O)Cn2nnc3ccccc32)C1. The third-order valence-corrected chi connectivity index (χ3v) is 4.72. The van der Waals surface area contributed by atoms with Crippen LogP contribution in [0.15, 0.2) is 54.6 Å². The van der Waals surface area contributed by atoms with E-state index in [0.29, 0.717) is 5.92 Å². The Morgan fingerprint density at radius 1 is 1.12 bits per heavy atom. The number of carbonyl (C=O) groups excluding carboxylic acids is 1. The third-order valence-electron chi connectivity index (χ3n) is 4.72. The Morgan fingerprint density at radius 3 is 2.71 bits per heavy atom. The van der Waals surface area contributed by atoms with Gasteiger partial charge in [0.1, 0.15) is 12.1 Å². The number of para-hydroxylation sites is 1. The van der Waals surface area contributed by atoms with Gasteiger partial charge >= 0.3 is 0 Å². The highest BCUT2D eigenvalue weighted by Gasteiger charge is 2.34. The molecule has 2 aromatic carbocycles. The highest BCUT2D eigenvalue weighted by atomic mass is 16.2. The Balaban J connectivity index is 1.58. The maximum absolute atomic E-state index is 12.9. The largest absolute Gasteiger partial charge is 0.334 e. The minimum atomic E-state index is 0.101. The highest BCUT2D eigenvalue weighted by Crippen LogP contribution is 2.35. The zero-order chi connectivity index (χ0) is 16.5. The number of nitrogens with zero attached hydrogens (tertiary/aromatic N) is 4. The van der Waals surface area contributed by atoms with E-state index in [0.717, 1.165) is 24.0 Å². The Labute approximate surface area is 140 Å². The second-order valence-electron chi connectivity index (χ2n) is 6.55. The van der Waals surface area contributed by atoms with Gasteiger partial charge in [-0.05, 0) is 30.0 Å². The topological polar surface area (TPSA) is 51.0 Å². The number of carbonyl (C=O) groups is 1. The number of fused-ring (bicyclic) bond motifs is 1. The average molecular weight is 320 g/mol. The van der Waals surface area contributed by atoms with Crippen molar-refractivity contribution in [2.24, 2.45) is 5.92 Å². The molecule has 1 aliphatic rings. The first kappa shape index (κ1) is 14.9. The van der Waals surface area contributed by atoms with Gasteiger partial charge in [-0.1, -0.05) is 54.6 Å². The van der Waals surface area contributed by atoms with E-state index < -0.39 is 0 Å². The first-order valence-electron chi connectivity index (χ1n) is 8.35. The number of benzene rings is 2. The smallest absolute Gasteiger partial charge is 0.244 e. The number of hydrogen-bond acceptors (Lipinski definition) is 3. The van der Waals surface area contributed by atoms with E-state index in [-0.39, 0.29) is 18.5 Å². The molecule has 2 unspecified atom stereocenters. The van der Waals surface area contributed by atoms with Crippen molar-refractivity contribution < 1.29 is 4.79 Å². The van der Waals surface area contributed by atoms with Crippen molar-refractivity contribution in [2.45, 2.75) is 25.9 Å². The lowest BCUT2D eigenvalue weighted by Crippen LogP contribution is -2.34. The van der Waals surface area contributed by atoms with E-state index in [4.69, 9.17) is 0 Å². The normalized spacial score (nSPS) is 20.6. The maximum atomic E-state index is 12.9. The second-order valence-corrected chi connectivity index (χ2v) is 6.55. The lowest BCUT2D eigenvalue weighted by Gasteiger charge is -2.25. The fourth-order valence-electron chi connectivity index (χ4n) is 3.57. The van der Waals surface area contributed by atoms with Crippen molar-refractivity contribution in [2.75, 3.05) is 6.54 Å². The molecule has 2 heterocycles. The van der Waals surface area contributed by atoms with Crippen LogP contribution in [0.2, 0.25) is 0 Å². The number of aromatic nitrogens is 3. The maximum Gasteiger partial charge on any atom is 0.244 e. The molecule has 0 bridgehead atoms. The fraction of sp³-hybridized carbons (Fsp3) is 0.316. The van der Waals surface area contributed by atoms with E-state index in [1.807, 2.05) is 47.4 Å². The number of amides is 1. The highest BCUT2D eigenvalue weighted by molar-refractivity contribution is 5.80. The van der Waals surface area contributed by atoms with Crippen LogP contribution in [-0.4, -0.2) is 32.3 Å². The van der Waals surface area contributed by atoms with Crippen LogP contribution in [0.3, 0.4) is 0 Å². The van der Waals surface area contributed by atoms with Gasteiger partial charge in [-0.2, -0.15) is 0 Å². The summed E-state index contributed by atoms with van der Waals surface area (Å²) in [4.78, 5) is 14.9. The molecule has 4 rings (SSSR count). The lowest BCUT2D eigenvalue weighted by molar-refractivity contribution is -0.133. The molecule has 3 aromatic rings. The molecule has 2 atom stereocenters. The van der Waals surface area contributed by atoms with E-state index in [1.54, 1.807) is 4.68 Å². The van der Waals surface area contributed by atoms with Gasteiger partial charge in [-0.15, -0.1) is 5.10 Å². The van der Waals surface area contributed by atoms with Crippen LogP contribution in [0, 0.1) is 5.92 Å². The van der Waals surface area contributed by atoms with Gasteiger partial charge < -0.3 is 4.90 Å². The van der Waals surface area contributed by atoms with Crippen molar-refractivity contribution in [1.29, 1.82) is 0 Å². The molecule has 1 fully saturated rings. The van der Waals surface area contributed by atoms with Gasteiger partial charge in [-0.25, -0.2) is 4.68 Å². The molecule has 24 heavy (non-hydrogen) atoms. The van der Waals surface area contributed by atoms with Crippen molar-refractivity contribution in [3.8, 4) is 0 Å². The van der Waals surface area contributed by atoms with E-state index in [2.05, 4.69) is 29.4 Å². The van der Waals surface area contributed by atoms with Gasteiger partial charge in [0.15, 0.2) is 0 Å². The monoisotopic (exact) mass is 320 g/mol. The first-order chi connectivity index (χ1) is 11.7. The molecule has 0 N–H and O–H groups in total. The standard InChI is InChI=1S/C19H20N4O/c1-14-11-18(15-7-3-2-4-8-15)22(12-14)19(24)13-23-17-10-6-5-9-16(17)20-21-23/h2-10,14,18H,11-13H2,1H3. The molecular weight excluding hydrogens is 300 g/mol. The number of hydrogen-bond donors (Lipinski definition) is 0. The van der Waals surface area contributed by atoms with Crippen molar-refractivity contribution in [3.05, 3.63) is 60.2 Å². The second kappa shape index (κ2) is 6.07. The quantitative estimate of drug-likeness (QED) is 0.745. The zero-order valence-corrected chi connectivity index (χ0v) is 13.7. The summed E-state index contributed by atoms with van der Waals surface area (Å²) >= 11 is 0. The van der Waals surface area contributed by atoms with Crippen molar-refractivity contribution >= 4 is 16.9 Å². The van der Waals surface area contributed by atoms with Crippen LogP contribution in [0.4, 0.5) is 0 Å². The summed E-state index contributed by atoms with van der Waals surface area (Å²) in [7, 11) is 0. The summed E-state index contributed by atoms with van der Waals surface area (Å²) < 4.78 is 1.70. The molecule has 5 nitrogen and oxygen atoms in total. The van der Waals surface area contributed by atoms with Gasteiger partial charge in [0.25, 0.3) is 0 Å². The molecule has 122 valence electrons. The minimum Gasteiger partial charge on any atom is -0.334 e. The van der Waals surface area contributed by atoms with E-state index >= 15 is 0 Å². The lowest BCUT2D eigenvalue weighted by atomic mass is 10.0. The molecule has 0 aliphatic carbocycles. The Bertz CT molecular complexity index is 858. The molecule has 1 aromatic heterocycles.